The van der Waals surface area contributed by atoms with Gasteiger partial charge in [0.05, 0.1) is 0 Å². The molecule has 0 fully saturated rings. The maximum Gasteiger partial charge on any atom is 0.0215 e. The van der Waals surface area contributed by atoms with Crippen molar-refractivity contribution in [2.45, 2.75) is 83.5 Å². The van der Waals surface area contributed by atoms with Gasteiger partial charge in [-0.3, -0.25) is 0 Å². The predicted octanol–water partition coefficient (Wildman–Crippen LogP) is 9.82. The molecule has 0 saturated carbocycles. The van der Waals surface area contributed by atoms with Crippen LogP contribution < -0.4 is 0 Å². The van der Waals surface area contributed by atoms with E-state index >= 15 is 0 Å². The summed E-state index contributed by atoms with van der Waals surface area (Å²) in [6.45, 7) is 16.9. The van der Waals surface area contributed by atoms with Gasteiger partial charge in [0.15, 0.2) is 0 Å². The molecule has 0 aromatic heterocycles. The molecule has 0 radical (unpaired) electrons. The molecule has 0 heterocycles. The molecule has 0 aliphatic heterocycles. The van der Waals surface area contributed by atoms with Gasteiger partial charge in [0, 0.05) is 5.41 Å². The van der Waals surface area contributed by atoms with Crippen molar-refractivity contribution in [2.24, 2.45) is 0 Å². The fourth-order valence-corrected chi connectivity index (χ4v) is 5.46. The number of fused-ring (bicyclic) bond motifs is 3. The Kier molecular flexibility index (Phi) is 8.13. The molecule has 0 bridgehead atoms. The molecule has 3 rings (SSSR count). The first-order valence-electron chi connectivity index (χ1n) is 12.4. The summed E-state index contributed by atoms with van der Waals surface area (Å²) in [5.74, 6) is 0. The second-order valence-corrected chi connectivity index (χ2v) is 9.15. The van der Waals surface area contributed by atoms with E-state index in [2.05, 4.69) is 63.9 Å². The Labute approximate surface area is 190 Å². The lowest BCUT2D eigenvalue weighted by molar-refractivity contribution is 0.401. The topological polar surface area (TPSA) is 0 Å². The van der Waals surface area contributed by atoms with Gasteiger partial charge in [-0.05, 0) is 57.9 Å². The Morgan fingerprint density at radius 3 is 1.84 bits per heavy atom. The summed E-state index contributed by atoms with van der Waals surface area (Å²) in [4.78, 5) is 0. The van der Waals surface area contributed by atoms with Crippen LogP contribution in [0.3, 0.4) is 0 Å². The highest BCUT2D eigenvalue weighted by atomic mass is 14.5. The summed E-state index contributed by atoms with van der Waals surface area (Å²) >= 11 is 0. The van der Waals surface area contributed by atoms with Gasteiger partial charge in [-0.1, -0.05) is 127 Å². The molecule has 31 heavy (non-hydrogen) atoms. The van der Waals surface area contributed by atoms with Gasteiger partial charge in [-0.15, -0.1) is 0 Å². The molecule has 0 amide bonds. The van der Waals surface area contributed by atoms with Crippen molar-refractivity contribution < 1.29 is 0 Å². The van der Waals surface area contributed by atoms with E-state index in [0.29, 0.717) is 0 Å². The molecule has 1 aliphatic rings. The van der Waals surface area contributed by atoms with Crippen molar-refractivity contribution in [3.8, 4) is 11.1 Å². The van der Waals surface area contributed by atoms with Crippen LogP contribution in [-0.4, -0.2) is 0 Å². The van der Waals surface area contributed by atoms with Crippen LogP contribution in [0.4, 0.5) is 0 Å². The predicted molar refractivity (Wildman–Crippen MR) is 140 cm³/mol. The van der Waals surface area contributed by atoms with E-state index in [0.717, 1.165) is 0 Å². The maximum atomic E-state index is 4.16. The quantitative estimate of drug-likeness (QED) is 0.287. The summed E-state index contributed by atoms with van der Waals surface area (Å²) in [5, 5.41) is 0. The lowest BCUT2D eigenvalue weighted by atomic mass is 9.70. The number of rotatable bonds is 13. The van der Waals surface area contributed by atoms with Crippen molar-refractivity contribution in [1.29, 1.82) is 0 Å². The number of hydrogen-bond acceptors (Lipinski definition) is 0. The minimum Gasteiger partial charge on any atom is -0.0985 e. The van der Waals surface area contributed by atoms with E-state index in [1.165, 1.54) is 103 Å². The second kappa shape index (κ2) is 10.8. The zero-order valence-electron chi connectivity index (χ0n) is 19.8. The van der Waals surface area contributed by atoms with Crippen LogP contribution >= 0.6 is 0 Å². The van der Waals surface area contributed by atoms with Crippen LogP contribution in [0.25, 0.3) is 29.4 Å². The standard InChI is InChI=1S/C31H40/c1-6-11-13-15-19-31(20-16-14-12-7-2)28-22-24(8-3)17-18-27(28)30-26(10-5)21-25(9-4)23-29(30)31/h8-10,17-18,21-23H,3-7,11-16,19-20H2,1-2H3. The zero-order chi connectivity index (χ0) is 22.3. The molecule has 0 unspecified atom stereocenters. The second-order valence-electron chi connectivity index (χ2n) is 9.15. The minimum absolute atomic E-state index is 0.0853. The first-order chi connectivity index (χ1) is 15.1. The molecule has 0 spiro atoms. The SMILES string of the molecule is C=Cc1ccc2c(c1)C(CCCCCC)(CCCCCC)c1cc(C=C)cc(C=C)c1-2. The van der Waals surface area contributed by atoms with E-state index in [-0.39, 0.29) is 5.41 Å². The molecule has 0 atom stereocenters. The van der Waals surface area contributed by atoms with Gasteiger partial charge < -0.3 is 0 Å². The fraction of sp³-hybridized carbons (Fsp3) is 0.419. The van der Waals surface area contributed by atoms with Crippen LogP contribution in [0.2, 0.25) is 0 Å². The van der Waals surface area contributed by atoms with Crippen LogP contribution in [0.15, 0.2) is 50.1 Å². The third-order valence-corrected chi connectivity index (χ3v) is 7.14. The average molecular weight is 413 g/mol. The molecule has 1 aliphatic carbocycles. The lowest BCUT2D eigenvalue weighted by Gasteiger charge is -2.33. The monoisotopic (exact) mass is 412 g/mol. The largest absolute Gasteiger partial charge is 0.0985 e. The first kappa shape index (κ1) is 23.3. The van der Waals surface area contributed by atoms with Gasteiger partial charge in [-0.25, -0.2) is 0 Å². The van der Waals surface area contributed by atoms with Gasteiger partial charge in [0.2, 0.25) is 0 Å². The van der Waals surface area contributed by atoms with Gasteiger partial charge in [0.25, 0.3) is 0 Å². The van der Waals surface area contributed by atoms with E-state index < -0.39 is 0 Å². The average Bonchev–Trinajstić information content (AvgIpc) is 3.08. The Morgan fingerprint density at radius 1 is 0.677 bits per heavy atom. The van der Waals surface area contributed by atoms with Crippen molar-refractivity contribution in [3.63, 3.8) is 0 Å². The van der Waals surface area contributed by atoms with E-state index in [1.807, 2.05) is 18.2 Å². The van der Waals surface area contributed by atoms with Gasteiger partial charge in [-0.2, -0.15) is 0 Å². The summed E-state index contributed by atoms with van der Waals surface area (Å²) in [6.07, 6.45) is 18.8. The number of unbranched alkanes of at least 4 members (excludes halogenated alkanes) is 6. The molecule has 0 saturated heterocycles. The molecule has 0 nitrogen and oxygen atoms in total. The van der Waals surface area contributed by atoms with Gasteiger partial charge >= 0.3 is 0 Å². The van der Waals surface area contributed by atoms with E-state index in [4.69, 9.17) is 0 Å². The van der Waals surface area contributed by atoms with E-state index in [1.54, 1.807) is 0 Å². The zero-order valence-corrected chi connectivity index (χ0v) is 19.8. The number of hydrogen-bond donors (Lipinski definition) is 0. The molecule has 164 valence electrons. The minimum atomic E-state index is 0.0853. The summed E-state index contributed by atoms with van der Waals surface area (Å²) in [6, 6.07) is 11.6. The van der Waals surface area contributed by atoms with Crippen molar-refractivity contribution in [1.82, 2.24) is 0 Å². The third-order valence-electron chi connectivity index (χ3n) is 7.14. The van der Waals surface area contributed by atoms with E-state index in [9.17, 15) is 0 Å². The van der Waals surface area contributed by atoms with Crippen molar-refractivity contribution >= 4 is 18.2 Å². The Bertz CT molecular complexity index is 915. The normalized spacial score (nSPS) is 13.5. The Balaban J connectivity index is 2.20. The van der Waals surface area contributed by atoms with Crippen LogP contribution in [0.1, 0.15) is 106 Å². The van der Waals surface area contributed by atoms with Crippen molar-refractivity contribution in [3.05, 3.63) is 77.9 Å². The fourth-order valence-electron chi connectivity index (χ4n) is 5.46. The Hall–Kier alpha value is -2.34. The lowest BCUT2D eigenvalue weighted by Crippen LogP contribution is -2.26. The summed E-state index contributed by atoms with van der Waals surface area (Å²) in [5.41, 5.74) is 9.57. The highest BCUT2D eigenvalue weighted by Gasteiger charge is 2.43. The first-order valence-corrected chi connectivity index (χ1v) is 12.4. The molecule has 2 aromatic rings. The maximum absolute atomic E-state index is 4.16. The molecular weight excluding hydrogens is 372 g/mol. The third kappa shape index (κ3) is 4.64. The molecule has 2 aromatic carbocycles. The summed E-state index contributed by atoms with van der Waals surface area (Å²) < 4.78 is 0. The van der Waals surface area contributed by atoms with Crippen LogP contribution in [-0.2, 0) is 5.41 Å². The summed E-state index contributed by atoms with van der Waals surface area (Å²) in [7, 11) is 0. The van der Waals surface area contributed by atoms with Crippen LogP contribution in [0.5, 0.6) is 0 Å². The van der Waals surface area contributed by atoms with Crippen LogP contribution in [0, 0.1) is 0 Å². The molecule has 0 heteroatoms. The highest BCUT2D eigenvalue weighted by Crippen LogP contribution is 2.56. The Morgan fingerprint density at radius 2 is 1.29 bits per heavy atom. The van der Waals surface area contributed by atoms with Crippen molar-refractivity contribution in [2.75, 3.05) is 0 Å². The highest BCUT2D eigenvalue weighted by molar-refractivity contribution is 5.89. The number of benzene rings is 2. The van der Waals surface area contributed by atoms with Gasteiger partial charge in [0.1, 0.15) is 0 Å². The molecular formula is C31H40. The molecule has 0 N–H and O–H groups in total. The smallest absolute Gasteiger partial charge is 0.0215 e.